The molecule has 2 aliphatic heterocycles. The molecule has 4 heterocycles. The molecule has 0 bridgehead atoms. The Morgan fingerprint density at radius 2 is 1.97 bits per heavy atom. The number of anilines is 1. The predicted molar refractivity (Wildman–Crippen MR) is 123 cm³/mol. The molecule has 36 heavy (non-hydrogen) atoms. The molecule has 0 spiro atoms. The zero-order valence-electron chi connectivity index (χ0n) is 19.4. The quantitative estimate of drug-likeness (QED) is 0.420. The van der Waals surface area contributed by atoms with Crippen molar-refractivity contribution in [1.29, 1.82) is 0 Å². The maximum atomic E-state index is 14.8. The molecule has 3 aliphatic rings. The van der Waals surface area contributed by atoms with E-state index < -0.39 is 23.8 Å². The second-order valence-electron chi connectivity index (χ2n) is 9.38. The van der Waals surface area contributed by atoms with E-state index in [2.05, 4.69) is 25.7 Å². The molecule has 3 aromatic rings. The minimum absolute atomic E-state index is 0.137. The number of amides is 4. The summed E-state index contributed by atoms with van der Waals surface area (Å²) in [7, 11) is 0. The maximum absolute atomic E-state index is 14.8. The molecule has 1 saturated heterocycles. The van der Waals surface area contributed by atoms with Crippen LogP contribution in [-0.4, -0.2) is 54.3 Å². The third kappa shape index (κ3) is 3.51. The van der Waals surface area contributed by atoms with Crippen LogP contribution in [0.1, 0.15) is 70.1 Å². The van der Waals surface area contributed by atoms with Crippen LogP contribution in [0.5, 0.6) is 0 Å². The van der Waals surface area contributed by atoms with Crippen molar-refractivity contribution in [2.24, 2.45) is 0 Å². The van der Waals surface area contributed by atoms with Crippen molar-refractivity contribution in [3.8, 4) is 0 Å². The molecule has 2 fully saturated rings. The van der Waals surface area contributed by atoms with E-state index >= 15 is 0 Å². The Balaban J connectivity index is 1.24. The Kier molecular flexibility index (Phi) is 5.06. The number of aromatic nitrogens is 4. The van der Waals surface area contributed by atoms with Gasteiger partial charge in [-0.2, -0.15) is 19.5 Å². The van der Waals surface area contributed by atoms with Gasteiger partial charge in [-0.25, -0.2) is 4.68 Å². The van der Waals surface area contributed by atoms with Crippen molar-refractivity contribution < 1.29 is 23.6 Å². The van der Waals surface area contributed by atoms with E-state index in [4.69, 9.17) is 0 Å². The predicted octanol–water partition coefficient (Wildman–Crippen LogP) is 2.01. The fourth-order valence-corrected chi connectivity index (χ4v) is 4.99. The molecule has 2 N–H and O–H groups in total. The number of fused-ring (bicyclic) bond motifs is 2. The molecule has 184 valence electrons. The summed E-state index contributed by atoms with van der Waals surface area (Å²) >= 11 is 0. The highest BCUT2D eigenvalue weighted by Gasteiger charge is 2.39. The summed E-state index contributed by atoms with van der Waals surface area (Å²) in [6.45, 7) is 1.84. The number of benzene rings is 1. The van der Waals surface area contributed by atoms with Crippen LogP contribution in [0.25, 0.3) is 11.0 Å². The summed E-state index contributed by atoms with van der Waals surface area (Å²) in [5.41, 5.74) is 2.05. The molecular formula is C24H22FN7O4. The number of nitrogens with one attached hydrogen (secondary N) is 2. The van der Waals surface area contributed by atoms with E-state index in [1.807, 2.05) is 0 Å². The number of imide groups is 1. The third-order valence-electron chi connectivity index (χ3n) is 7.11. The zero-order chi connectivity index (χ0) is 25.1. The Hall–Kier alpha value is -4.22. The van der Waals surface area contributed by atoms with E-state index in [9.17, 15) is 23.6 Å². The fourth-order valence-electron chi connectivity index (χ4n) is 4.99. The van der Waals surface area contributed by atoms with Crippen LogP contribution < -0.4 is 10.6 Å². The Morgan fingerprint density at radius 1 is 1.17 bits per heavy atom. The van der Waals surface area contributed by atoms with Crippen molar-refractivity contribution in [3.05, 3.63) is 46.5 Å². The van der Waals surface area contributed by atoms with Crippen molar-refractivity contribution in [2.45, 2.75) is 57.7 Å². The average Bonchev–Trinajstić information content (AvgIpc) is 3.29. The van der Waals surface area contributed by atoms with Gasteiger partial charge in [-0.3, -0.25) is 29.8 Å². The van der Waals surface area contributed by atoms with Gasteiger partial charge in [-0.1, -0.05) is 0 Å². The van der Waals surface area contributed by atoms with Gasteiger partial charge in [-0.05, 0) is 56.4 Å². The van der Waals surface area contributed by atoms with E-state index in [0.29, 0.717) is 22.5 Å². The van der Waals surface area contributed by atoms with Crippen molar-refractivity contribution in [2.75, 3.05) is 5.32 Å². The highest BCUT2D eigenvalue weighted by atomic mass is 19.1. The summed E-state index contributed by atoms with van der Waals surface area (Å²) in [6.07, 6.45) is 3.36. The van der Waals surface area contributed by atoms with Gasteiger partial charge in [0.15, 0.2) is 5.65 Å². The first-order valence-corrected chi connectivity index (χ1v) is 11.8. The first-order chi connectivity index (χ1) is 17.3. The topological polar surface area (TPSA) is 139 Å². The normalized spacial score (nSPS) is 19.9. The van der Waals surface area contributed by atoms with E-state index in [1.54, 1.807) is 17.7 Å². The lowest BCUT2D eigenvalue weighted by Gasteiger charge is -2.29. The molecule has 1 aromatic carbocycles. The number of rotatable bonds is 4. The molecule has 1 saturated carbocycles. The molecule has 1 atom stereocenters. The largest absolute Gasteiger partial charge is 0.322 e. The minimum atomic E-state index is -0.752. The highest BCUT2D eigenvalue weighted by Crippen LogP contribution is 2.34. The SMILES string of the molecule is Cc1nn(C2CCC2)c2nc(NC(=O)c3ccc4c(c3)CN(C3CCC(=O)NC3=O)C4=O)nc(F)c12. The van der Waals surface area contributed by atoms with Crippen molar-refractivity contribution in [3.63, 3.8) is 0 Å². The lowest BCUT2D eigenvalue weighted by molar-refractivity contribution is -0.136. The molecule has 6 rings (SSSR count). The van der Waals surface area contributed by atoms with Gasteiger partial charge in [0.25, 0.3) is 11.8 Å². The standard InChI is InChI=1S/C24H22FN7O4/c1-11-18-19(25)27-24(28-20(18)32(30-11)14-3-2-4-14)29-21(34)12-5-6-15-13(9-12)10-31(23(15)36)16-7-8-17(33)26-22(16)35/h5-6,9,14,16H,2-4,7-8,10H2,1H3,(H,26,33,35)(H,27,28,29,34). The maximum Gasteiger partial charge on any atom is 0.258 e. The monoisotopic (exact) mass is 491 g/mol. The van der Waals surface area contributed by atoms with Gasteiger partial charge < -0.3 is 4.90 Å². The average molecular weight is 491 g/mol. The molecule has 1 aliphatic carbocycles. The van der Waals surface area contributed by atoms with Gasteiger partial charge in [0.1, 0.15) is 6.04 Å². The number of aryl methyl sites for hydroxylation is 1. The van der Waals surface area contributed by atoms with Gasteiger partial charge in [0.2, 0.25) is 23.7 Å². The molecule has 0 radical (unpaired) electrons. The van der Waals surface area contributed by atoms with Crippen LogP contribution in [0, 0.1) is 12.9 Å². The first-order valence-electron chi connectivity index (χ1n) is 11.8. The molecule has 2 aromatic heterocycles. The second-order valence-corrected chi connectivity index (χ2v) is 9.38. The molecule has 12 heteroatoms. The molecule has 11 nitrogen and oxygen atoms in total. The Morgan fingerprint density at radius 3 is 2.69 bits per heavy atom. The summed E-state index contributed by atoms with van der Waals surface area (Å²) in [5, 5.41) is 9.48. The zero-order valence-corrected chi connectivity index (χ0v) is 19.4. The first kappa shape index (κ1) is 22.3. The number of carbonyl (C=O) groups is 4. The van der Waals surface area contributed by atoms with Crippen LogP contribution in [-0.2, 0) is 16.1 Å². The number of hydrogen-bond acceptors (Lipinski definition) is 7. The number of hydrogen-bond donors (Lipinski definition) is 2. The smallest absolute Gasteiger partial charge is 0.258 e. The van der Waals surface area contributed by atoms with Crippen LogP contribution in [0.2, 0.25) is 0 Å². The van der Waals surface area contributed by atoms with Gasteiger partial charge in [0.05, 0.1) is 17.1 Å². The Labute approximate surface area is 204 Å². The van der Waals surface area contributed by atoms with Gasteiger partial charge >= 0.3 is 0 Å². The Bertz CT molecular complexity index is 1480. The third-order valence-corrected chi connectivity index (χ3v) is 7.11. The molecule has 4 amide bonds. The number of nitrogens with zero attached hydrogens (tertiary/aromatic N) is 5. The van der Waals surface area contributed by atoms with Crippen LogP contribution in [0.4, 0.5) is 10.3 Å². The van der Waals surface area contributed by atoms with Crippen molar-refractivity contribution in [1.82, 2.24) is 30.0 Å². The second kappa shape index (κ2) is 8.18. The van der Waals surface area contributed by atoms with Gasteiger partial charge in [-0.15, -0.1) is 0 Å². The number of piperidine rings is 1. The van der Waals surface area contributed by atoms with Crippen molar-refractivity contribution >= 4 is 40.6 Å². The fraction of sp³-hybridized carbons (Fsp3) is 0.375. The van der Waals surface area contributed by atoms with E-state index in [-0.39, 0.29) is 54.1 Å². The summed E-state index contributed by atoms with van der Waals surface area (Å²) in [5.74, 6) is -2.68. The lowest BCUT2D eigenvalue weighted by atomic mass is 9.93. The molecule has 1 unspecified atom stereocenters. The van der Waals surface area contributed by atoms with Gasteiger partial charge in [0, 0.05) is 24.1 Å². The number of carbonyl (C=O) groups excluding carboxylic acids is 4. The lowest BCUT2D eigenvalue weighted by Crippen LogP contribution is -2.52. The summed E-state index contributed by atoms with van der Waals surface area (Å²) < 4.78 is 16.5. The summed E-state index contributed by atoms with van der Waals surface area (Å²) in [6, 6.07) is 3.98. The van der Waals surface area contributed by atoms with E-state index in [0.717, 1.165) is 19.3 Å². The van der Waals surface area contributed by atoms with E-state index in [1.165, 1.54) is 17.0 Å². The number of halogens is 1. The van der Waals surface area contributed by atoms with Crippen LogP contribution in [0.3, 0.4) is 0 Å². The molecular weight excluding hydrogens is 469 g/mol. The summed E-state index contributed by atoms with van der Waals surface area (Å²) in [4.78, 5) is 59.1. The minimum Gasteiger partial charge on any atom is -0.322 e. The highest BCUT2D eigenvalue weighted by molar-refractivity contribution is 6.07. The van der Waals surface area contributed by atoms with Crippen LogP contribution in [0.15, 0.2) is 18.2 Å². The van der Waals surface area contributed by atoms with Crippen LogP contribution >= 0.6 is 0 Å².